The van der Waals surface area contributed by atoms with Crippen LogP contribution in [0.4, 0.5) is 0 Å². The normalized spacial score (nSPS) is 15.2. The number of hydrogen-bond donors (Lipinski definition) is 0. The highest BCUT2D eigenvalue weighted by molar-refractivity contribution is 5.86. The topological polar surface area (TPSA) is 30.2 Å². The van der Waals surface area contributed by atoms with Crippen molar-refractivity contribution in [3.63, 3.8) is 0 Å². The molecule has 0 spiro atoms. The standard InChI is InChI=1S/C14H15N3/c1-2-17-10-16-13-4-3-12(9-14(13)17)11-5-7-15-8-6-11/h3-5,8-10H,2,6-7H2,1H3. The molecule has 0 atom stereocenters. The summed E-state index contributed by atoms with van der Waals surface area (Å²) in [5.41, 5.74) is 4.94. The number of fused-ring (bicyclic) bond motifs is 1. The molecule has 0 unspecified atom stereocenters. The molecule has 2 heterocycles. The lowest BCUT2D eigenvalue weighted by Crippen LogP contribution is -1.95. The van der Waals surface area contributed by atoms with Crippen molar-refractivity contribution in [2.75, 3.05) is 6.54 Å². The van der Waals surface area contributed by atoms with Gasteiger partial charge in [-0.1, -0.05) is 12.1 Å². The van der Waals surface area contributed by atoms with Crippen LogP contribution in [0.25, 0.3) is 16.6 Å². The minimum absolute atomic E-state index is 0.806. The zero-order valence-electron chi connectivity index (χ0n) is 9.93. The second kappa shape index (κ2) is 4.17. The Morgan fingerprint density at radius 1 is 1.35 bits per heavy atom. The van der Waals surface area contributed by atoms with Crippen LogP contribution in [0.2, 0.25) is 0 Å². The monoisotopic (exact) mass is 225 g/mol. The smallest absolute Gasteiger partial charge is 0.0958 e. The van der Waals surface area contributed by atoms with Gasteiger partial charge in [-0.15, -0.1) is 0 Å². The molecule has 0 bridgehead atoms. The predicted octanol–water partition coefficient (Wildman–Crippen LogP) is 2.91. The van der Waals surface area contributed by atoms with Crippen molar-refractivity contribution >= 4 is 22.8 Å². The van der Waals surface area contributed by atoms with Crippen LogP contribution in [-0.2, 0) is 6.54 Å². The van der Waals surface area contributed by atoms with E-state index in [2.05, 4.69) is 45.7 Å². The maximum atomic E-state index is 4.39. The summed E-state index contributed by atoms with van der Waals surface area (Å²) in [7, 11) is 0. The van der Waals surface area contributed by atoms with Gasteiger partial charge in [0.1, 0.15) is 0 Å². The summed E-state index contributed by atoms with van der Waals surface area (Å²) in [6.45, 7) is 3.90. The van der Waals surface area contributed by atoms with Crippen molar-refractivity contribution in [2.24, 2.45) is 4.99 Å². The van der Waals surface area contributed by atoms with Gasteiger partial charge in [0, 0.05) is 19.2 Å². The lowest BCUT2D eigenvalue weighted by atomic mass is 10.0. The molecule has 0 saturated carbocycles. The fraction of sp³-hybridized carbons (Fsp3) is 0.286. The largest absolute Gasteiger partial charge is 0.331 e. The lowest BCUT2D eigenvalue weighted by molar-refractivity contribution is 0.787. The van der Waals surface area contributed by atoms with E-state index in [4.69, 9.17) is 0 Å². The van der Waals surface area contributed by atoms with Crippen molar-refractivity contribution < 1.29 is 0 Å². The van der Waals surface area contributed by atoms with Gasteiger partial charge < -0.3 is 4.57 Å². The highest BCUT2D eigenvalue weighted by atomic mass is 15.0. The fourth-order valence-corrected chi connectivity index (χ4v) is 2.23. The predicted molar refractivity (Wildman–Crippen MR) is 71.4 cm³/mol. The molecular weight excluding hydrogens is 210 g/mol. The zero-order valence-corrected chi connectivity index (χ0v) is 9.93. The Morgan fingerprint density at radius 3 is 3.06 bits per heavy atom. The van der Waals surface area contributed by atoms with E-state index in [1.54, 1.807) is 0 Å². The molecule has 0 amide bonds. The molecule has 0 N–H and O–H groups in total. The van der Waals surface area contributed by atoms with Crippen LogP contribution in [0.1, 0.15) is 18.9 Å². The molecule has 1 aliphatic rings. The van der Waals surface area contributed by atoms with Crippen LogP contribution in [-0.4, -0.2) is 22.3 Å². The molecule has 17 heavy (non-hydrogen) atoms. The molecule has 1 aromatic heterocycles. The molecule has 1 aromatic carbocycles. The van der Waals surface area contributed by atoms with E-state index < -0.39 is 0 Å². The van der Waals surface area contributed by atoms with Gasteiger partial charge in [0.15, 0.2) is 0 Å². The summed E-state index contributed by atoms with van der Waals surface area (Å²) in [6, 6.07) is 6.49. The van der Waals surface area contributed by atoms with Crippen molar-refractivity contribution in [2.45, 2.75) is 19.9 Å². The van der Waals surface area contributed by atoms with Gasteiger partial charge in [0.05, 0.1) is 23.9 Å². The van der Waals surface area contributed by atoms with Gasteiger partial charge in [-0.25, -0.2) is 4.98 Å². The van der Waals surface area contributed by atoms with Crippen LogP contribution in [0.3, 0.4) is 0 Å². The van der Waals surface area contributed by atoms with Gasteiger partial charge in [-0.05, 0) is 30.2 Å². The van der Waals surface area contributed by atoms with Gasteiger partial charge in [-0.2, -0.15) is 0 Å². The molecule has 1 aliphatic heterocycles. The maximum absolute atomic E-state index is 4.39. The Balaban J connectivity index is 2.08. The average Bonchev–Trinajstić information content (AvgIpc) is 2.81. The SMILES string of the molecule is CCn1cnc2ccc(C3=CCN=CC3)cc21. The fourth-order valence-electron chi connectivity index (χ4n) is 2.23. The number of dihydropyridines is 1. The second-order valence-electron chi connectivity index (χ2n) is 4.22. The Kier molecular flexibility index (Phi) is 2.52. The quantitative estimate of drug-likeness (QED) is 0.773. The number of aliphatic imine (C=N–C) groups is 1. The van der Waals surface area contributed by atoms with Gasteiger partial charge >= 0.3 is 0 Å². The molecule has 0 radical (unpaired) electrons. The summed E-state index contributed by atoms with van der Waals surface area (Å²) in [5, 5.41) is 0. The van der Waals surface area contributed by atoms with E-state index in [-0.39, 0.29) is 0 Å². The van der Waals surface area contributed by atoms with Crippen molar-refractivity contribution in [1.82, 2.24) is 9.55 Å². The summed E-state index contributed by atoms with van der Waals surface area (Å²) >= 11 is 0. The summed E-state index contributed by atoms with van der Waals surface area (Å²) in [5.74, 6) is 0. The first-order valence-corrected chi connectivity index (χ1v) is 6.01. The van der Waals surface area contributed by atoms with E-state index in [1.165, 1.54) is 16.7 Å². The lowest BCUT2D eigenvalue weighted by Gasteiger charge is -2.09. The van der Waals surface area contributed by atoms with Crippen molar-refractivity contribution in [3.05, 3.63) is 36.2 Å². The zero-order chi connectivity index (χ0) is 11.7. The number of nitrogens with zero attached hydrogens (tertiary/aromatic N) is 3. The van der Waals surface area contributed by atoms with E-state index in [0.717, 1.165) is 25.0 Å². The minimum Gasteiger partial charge on any atom is -0.331 e. The Labute approximate surface area is 101 Å². The molecule has 0 aliphatic carbocycles. The van der Waals surface area contributed by atoms with E-state index in [9.17, 15) is 0 Å². The Hall–Kier alpha value is -1.90. The number of imidazole rings is 1. The number of aryl methyl sites for hydroxylation is 1. The van der Waals surface area contributed by atoms with Crippen molar-refractivity contribution in [1.29, 1.82) is 0 Å². The van der Waals surface area contributed by atoms with Crippen LogP contribution in [0, 0.1) is 0 Å². The Bertz CT molecular complexity index is 605. The number of allylic oxidation sites excluding steroid dienone is 1. The maximum Gasteiger partial charge on any atom is 0.0958 e. The molecular formula is C14H15N3. The molecule has 0 saturated heterocycles. The van der Waals surface area contributed by atoms with Crippen molar-refractivity contribution in [3.8, 4) is 0 Å². The third kappa shape index (κ3) is 1.78. The first-order chi connectivity index (χ1) is 8.38. The van der Waals surface area contributed by atoms with E-state index >= 15 is 0 Å². The highest BCUT2D eigenvalue weighted by Gasteiger charge is 2.07. The van der Waals surface area contributed by atoms with Crippen LogP contribution < -0.4 is 0 Å². The Morgan fingerprint density at radius 2 is 2.29 bits per heavy atom. The highest BCUT2D eigenvalue weighted by Crippen LogP contribution is 2.23. The van der Waals surface area contributed by atoms with E-state index in [1.807, 2.05) is 12.5 Å². The average molecular weight is 225 g/mol. The third-order valence-electron chi connectivity index (χ3n) is 3.22. The summed E-state index contributed by atoms with van der Waals surface area (Å²) < 4.78 is 2.18. The second-order valence-corrected chi connectivity index (χ2v) is 4.22. The number of benzene rings is 1. The van der Waals surface area contributed by atoms with Crippen LogP contribution >= 0.6 is 0 Å². The molecule has 86 valence electrons. The van der Waals surface area contributed by atoms with Crippen LogP contribution in [0.15, 0.2) is 35.6 Å². The summed E-state index contributed by atoms with van der Waals surface area (Å²) in [6.07, 6.45) is 7.04. The van der Waals surface area contributed by atoms with Gasteiger partial charge in [0.25, 0.3) is 0 Å². The number of rotatable bonds is 2. The number of hydrogen-bond acceptors (Lipinski definition) is 2. The minimum atomic E-state index is 0.806. The first kappa shape index (κ1) is 10.3. The van der Waals surface area contributed by atoms with Gasteiger partial charge in [0.2, 0.25) is 0 Å². The van der Waals surface area contributed by atoms with Gasteiger partial charge in [-0.3, -0.25) is 4.99 Å². The van der Waals surface area contributed by atoms with E-state index in [0.29, 0.717) is 0 Å². The first-order valence-electron chi connectivity index (χ1n) is 6.01. The molecule has 2 aromatic rings. The molecule has 3 nitrogen and oxygen atoms in total. The third-order valence-corrected chi connectivity index (χ3v) is 3.22. The molecule has 3 heteroatoms. The molecule has 3 rings (SSSR count). The molecule has 0 fully saturated rings. The summed E-state index contributed by atoms with van der Waals surface area (Å²) in [4.78, 5) is 8.61. The number of aromatic nitrogens is 2. The van der Waals surface area contributed by atoms with Crippen LogP contribution in [0.5, 0.6) is 0 Å².